The molecule has 2 rings (SSSR count). The zero-order chi connectivity index (χ0) is 14.7. The van der Waals surface area contributed by atoms with Crippen molar-refractivity contribution in [2.45, 2.75) is 20.4 Å². The second-order valence-electron chi connectivity index (χ2n) is 4.82. The minimum absolute atomic E-state index is 0.242. The largest absolute Gasteiger partial charge is 0.398 e. The fourth-order valence-corrected chi connectivity index (χ4v) is 2.15. The third-order valence-electron chi connectivity index (χ3n) is 3.42. The Bertz CT molecular complexity index is 633. The normalized spacial score (nSPS) is 10.3. The molecule has 0 aliphatic rings. The summed E-state index contributed by atoms with van der Waals surface area (Å²) in [7, 11) is 0. The highest BCUT2D eigenvalue weighted by atomic mass is 19.1. The maximum atomic E-state index is 12.9. The van der Waals surface area contributed by atoms with Crippen LogP contribution in [0, 0.1) is 25.1 Å². The van der Waals surface area contributed by atoms with Gasteiger partial charge < -0.3 is 16.5 Å². The Labute approximate surface area is 118 Å². The molecule has 2 aromatic carbocycles. The number of hydrogen-bond donors (Lipinski definition) is 3. The molecule has 0 saturated heterocycles. The van der Waals surface area contributed by atoms with Gasteiger partial charge in [0, 0.05) is 29.7 Å². The van der Waals surface area contributed by atoms with E-state index in [-0.39, 0.29) is 5.82 Å². The molecule has 0 aromatic heterocycles. The van der Waals surface area contributed by atoms with Crippen molar-refractivity contribution in [3.05, 3.63) is 58.4 Å². The fraction of sp³-hybridized carbons (Fsp3) is 0.188. The van der Waals surface area contributed by atoms with Crippen molar-refractivity contribution >= 4 is 17.6 Å². The molecule has 0 amide bonds. The molecule has 0 spiro atoms. The van der Waals surface area contributed by atoms with Crippen LogP contribution in [0.1, 0.15) is 22.3 Å². The van der Waals surface area contributed by atoms with Crippen LogP contribution in [0.5, 0.6) is 0 Å². The molecule has 4 N–H and O–H groups in total. The summed E-state index contributed by atoms with van der Waals surface area (Å²) in [6.07, 6.45) is 1.30. The Morgan fingerprint density at radius 3 is 2.50 bits per heavy atom. The van der Waals surface area contributed by atoms with Gasteiger partial charge in [-0.05, 0) is 48.7 Å². The minimum Gasteiger partial charge on any atom is -0.398 e. The third-order valence-corrected chi connectivity index (χ3v) is 3.42. The van der Waals surface area contributed by atoms with Crippen LogP contribution >= 0.6 is 0 Å². The van der Waals surface area contributed by atoms with Crippen LogP contribution in [0.15, 0.2) is 30.3 Å². The summed E-state index contributed by atoms with van der Waals surface area (Å²) < 4.78 is 12.9. The van der Waals surface area contributed by atoms with Gasteiger partial charge in [0.1, 0.15) is 5.82 Å². The van der Waals surface area contributed by atoms with E-state index in [0.29, 0.717) is 6.54 Å². The molecule has 0 fully saturated rings. The number of halogens is 1. The van der Waals surface area contributed by atoms with Crippen molar-refractivity contribution in [2.75, 3.05) is 11.1 Å². The lowest BCUT2D eigenvalue weighted by atomic mass is 10.0. The van der Waals surface area contributed by atoms with Gasteiger partial charge in [-0.15, -0.1) is 0 Å². The molecule has 4 heteroatoms. The molecule has 20 heavy (non-hydrogen) atoms. The number of aryl methyl sites for hydroxylation is 1. The summed E-state index contributed by atoms with van der Waals surface area (Å²) in [6, 6.07) is 8.29. The van der Waals surface area contributed by atoms with Gasteiger partial charge in [-0.2, -0.15) is 0 Å². The number of nitrogen functional groups attached to an aromatic ring is 1. The SMILES string of the molecule is Cc1cc(NCc2ccc(F)cc2)c(C=N)c(C)c1N. The number of rotatable bonds is 4. The van der Waals surface area contributed by atoms with Gasteiger partial charge in [0.2, 0.25) is 0 Å². The molecule has 0 saturated carbocycles. The van der Waals surface area contributed by atoms with Crippen molar-refractivity contribution in [1.82, 2.24) is 0 Å². The Morgan fingerprint density at radius 1 is 1.25 bits per heavy atom. The summed E-state index contributed by atoms with van der Waals surface area (Å²) in [5, 5.41) is 10.8. The van der Waals surface area contributed by atoms with E-state index in [0.717, 1.165) is 33.6 Å². The molecule has 0 unspecified atom stereocenters. The van der Waals surface area contributed by atoms with Crippen molar-refractivity contribution in [2.24, 2.45) is 0 Å². The summed E-state index contributed by atoms with van der Waals surface area (Å²) in [6.45, 7) is 4.43. The third kappa shape index (κ3) is 2.79. The number of benzene rings is 2. The van der Waals surface area contributed by atoms with Crippen molar-refractivity contribution < 1.29 is 4.39 Å². The van der Waals surface area contributed by atoms with Crippen LogP contribution in [-0.4, -0.2) is 6.21 Å². The number of nitrogens with one attached hydrogen (secondary N) is 2. The van der Waals surface area contributed by atoms with Gasteiger partial charge in [0.05, 0.1) is 0 Å². The number of nitrogens with two attached hydrogens (primary N) is 1. The van der Waals surface area contributed by atoms with Gasteiger partial charge in [-0.25, -0.2) is 4.39 Å². The average Bonchev–Trinajstić information content (AvgIpc) is 2.44. The van der Waals surface area contributed by atoms with Gasteiger partial charge in [-0.1, -0.05) is 12.1 Å². The standard InChI is InChI=1S/C16H18FN3/c1-10-7-15(14(8-18)11(2)16(10)19)20-9-12-3-5-13(17)6-4-12/h3-8,18,20H,9,19H2,1-2H3. The second kappa shape index (κ2) is 5.74. The Kier molecular flexibility index (Phi) is 4.03. The summed E-state index contributed by atoms with van der Waals surface area (Å²) in [4.78, 5) is 0. The summed E-state index contributed by atoms with van der Waals surface area (Å²) in [5.41, 5.74) is 11.2. The Morgan fingerprint density at radius 2 is 1.90 bits per heavy atom. The molecule has 104 valence electrons. The lowest BCUT2D eigenvalue weighted by Crippen LogP contribution is -2.06. The minimum atomic E-state index is -0.242. The maximum absolute atomic E-state index is 12.9. The molecular formula is C16H18FN3. The average molecular weight is 271 g/mol. The van der Waals surface area contributed by atoms with Gasteiger partial charge in [0.15, 0.2) is 0 Å². The van der Waals surface area contributed by atoms with Gasteiger partial charge in [0.25, 0.3) is 0 Å². The Hall–Kier alpha value is -2.36. The molecular weight excluding hydrogens is 253 g/mol. The highest BCUT2D eigenvalue weighted by molar-refractivity contribution is 5.91. The molecule has 3 nitrogen and oxygen atoms in total. The predicted octanol–water partition coefficient (Wildman–Crippen LogP) is 3.63. The zero-order valence-electron chi connectivity index (χ0n) is 11.6. The molecule has 0 heterocycles. The first kappa shape index (κ1) is 14.1. The van der Waals surface area contributed by atoms with Crippen molar-refractivity contribution in [1.29, 1.82) is 5.41 Å². The first-order valence-electron chi connectivity index (χ1n) is 6.41. The van der Waals surface area contributed by atoms with E-state index >= 15 is 0 Å². The summed E-state index contributed by atoms with van der Waals surface area (Å²) in [5.74, 6) is -0.242. The van der Waals surface area contributed by atoms with Crippen molar-refractivity contribution in [3.8, 4) is 0 Å². The van der Waals surface area contributed by atoms with E-state index in [1.54, 1.807) is 12.1 Å². The lowest BCUT2D eigenvalue weighted by molar-refractivity contribution is 0.627. The highest BCUT2D eigenvalue weighted by Crippen LogP contribution is 2.27. The van der Waals surface area contributed by atoms with E-state index in [1.807, 2.05) is 19.9 Å². The highest BCUT2D eigenvalue weighted by Gasteiger charge is 2.09. The molecule has 2 aromatic rings. The predicted molar refractivity (Wildman–Crippen MR) is 81.9 cm³/mol. The van der Waals surface area contributed by atoms with E-state index < -0.39 is 0 Å². The smallest absolute Gasteiger partial charge is 0.123 e. The van der Waals surface area contributed by atoms with E-state index in [2.05, 4.69) is 5.32 Å². The van der Waals surface area contributed by atoms with Crippen LogP contribution in [0.25, 0.3) is 0 Å². The molecule has 0 atom stereocenters. The van der Waals surface area contributed by atoms with E-state index in [9.17, 15) is 4.39 Å². The van der Waals surface area contributed by atoms with Crippen LogP contribution in [0.4, 0.5) is 15.8 Å². The monoisotopic (exact) mass is 271 g/mol. The van der Waals surface area contributed by atoms with E-state index in [1.165, 1.54) is 18.3 Å². The van der Waals surface area contributed by atoms with Crippen LogP contribution in [0.2, 0.25) is 0 Å². The number of hydrogen-bond acceptors (Lipinski definition) is 3. The fourth-order valence-electron chi connectivity index (χ4n) is 2.15. The van der Waals surface area contributed by atoms with Crippen molar-refractivity contribution in [3.63, 3.8) is 0 Å². The summed E-state index contributed by atoms with van der Waals surface area (Å²) >= 11 is 0. The van der Waals surface area contributed by atoms with Gasteiger partial charge >= 0.3 is 0 Å². The quantitative estimate of drug-likeness (QED) is 0.587. The molecule has 0 radical (unpaired) electrons. The number of anilines is 2. The first-order chi connectivity index (χ1) is 9.52. The van der Waals surface area contributed by atoms with E-state index in [4.69, 9.17) is 11.1 Å². The molecule has 0 aliphatic carbocycles. The lowest BCUT2D eigenvalue weighted by Gasteiger charge is -2.15. The molecule has 0 bridgehead atoms. The molecule has 0 aliphatic heterocycles. The first-order valence-corrected chi connectivity index (χ1v) is 6.41. The maximum Gasteiger partial charge on any atom is 0.123 e. The van der Waals surface area contributed by atoms with Crippen LogP contribution in [0.3, 0.4) is 0 Å². The second-order valence-corrected chi connectivity index (χ2v) is 4.82. The Balaban J connectivity index is 2.25. The topological polar surface area (TPSA) is 61.9 Å². The van der Waals surface area contributed by atoms with Crippen LogP contribution < -0.4 is 11.1 Å². The van der Waals surface area contributed by atoms with Crippen LogP contribution in [-0.2, 0) is 6.54 Å². The zero-order valence-corrected chi connectivity index (χ0v) is 11.6. The van der Waals surface area contributed by atoms with Gasteiger partial charge in [-0.3, -0.25) is 0 Å².